The lowest BCUT2D eigenvalue weighted by Crippen LogP contribution is -2.43. The summed E-state index contributed by atoms with van der Waals surface area (Å²) >= 11 is 0. The minimum absolute atomic E-state index is 0.244. The first-order chi connectivity index (χ1) is 7.56. The summed E-state index contributed by atoms with van der Waals surface area (Å²) in [7, 11) is 1.54. The van der Waals surface area contributed by atoms with Gasteiger partial charge in [-0.15, -0.1) is 0 Å². The van der Waals surface area contributed by atoms with Crippen LogP contribution >= 0.6 is 0 Å². The van der Waals surface area contributed by atoms with Gasteiger partial charge in [-0.05, 0) is 13.8 Å². The molecule has 0 radical (unpaired) electrons. The quantitative estimate of drug-likeness (QED) is 0.722. The molecule has 1 N–H and O–H groups in total. The molecule has 0 fully saturated rings. The largest absolute Gasteiger partial charge is 0.406 e. The van der Waals surface area contributed by atoms with E-state index in [0.29, 0.717) is 11.5 Å². The number of aromatic nitrogens is 4. The summed E-state index contributed by atoms with van der Waals surface area (Å²) < 4.78 is 2.01. The molecule has 2 aromatic rings. The van der Waals surface area contributed by atoms with Gasteiger partial charge in [-0.2, -0.15) is 0 Å². The van der Waals surface area contributed by atoms with Gasteiger partial charge >= 0.3 is 11.2 Å². The Kier molecular flexibility index (Phi) is 2.30. The second-order valence-electron chi connectivity index (χ2n) is 3.38. The smallest absolute Gasteiger partial charge is 0.366 e. The summed E-state index contributed by atoms with van der Waals surface area (Å²) in [6.45, 7) is 3.66. The normalized spacial score (nSPS) is 10.9. The maximum atomic E-state index is 11.9. The fourth-order valence-corrected chi connectivity index (χ4v) is 1.53. The van der Waals surface area contributed by atoms with E-state index >= 15 is 0 Å². The third-order valence-electron chi connectivity index (χ3n) is 2.24. The highest BCUT2D eigenvalue weighted by Crippen LogP contribution is 2.02. The predicted octanol–water partition coefficient (Wildman–Crippen LogP) is -0.820. The van der Waals surface area contributed by atoms with Crippen LogP contribution in [0.25, 0.3) is 11.2 Å². The summed E-state index contributed by atoms with van der Waals surface area (Å²) in [4.78, 5) is 35.5. The van der Waals surface area contributed by atoms with Gasteiger partial charge in [-0.3, -0.25) is 9.36 Å². The highest BCUT2D eigenvalue weighted by atomic mass is 16.7. The molecule has 2 rings (SSSR count). The Labute approximate surface area is 90.3 Å². The van der Waals surface area contributed by atoms with Crippen molar-refractivity contribution in [1.29, 1.82) is 0 Å². The monoisotopic (exact) mass is 224 g/mol. The molecule has 0 saturated heterocycles. The van der Waals surface area contributed by atoms with E-state index in [4.69, 9.17) is 4.84 Å². The van der Waals surface area contributed by atoms with Crippen LogP contribution in [-0.2, 0) is 7.05 Å². The second-order valence-corrected chi connectivity index (χ2v) is 3.38. The Morgan fingerprint density at radius 1 is 1.44 bits per heavy atom. The molecule has 0 spiro atoms. The Balaban J connectivity index is 2.94. The molecule has 7 heteroatoms. The molecule has 16 heavy (non-hydrogen) atoms. The minimum Gasteiger partial charge on any atom is -0.406 e. The Bertz CT molecular complexity index is 649. The van der Waals surface area contributed by atoms with Gasteiger partial charge in [-0.1, -0.05) is 4.73 Å². The SMILES string of the molecule is CCOn1c(=O)c2[nH]c(C)nc2n(C)c1=O. The van der Waals surface area contributed by atoms with Gasteiger partial charge in [0.2, 0.25) is 0 Å². The molecule has 0 bridgehead atoms. The number of hydrogen-bond acceptors (Lipinski definition) is 4. The molecular weight excluding hydrogens is 212 g/mol. The zero-order valence-electron chi connectivity index (χ0n) is 9.27. The van der Waals surface area contributed by atoms with Crippen molar-refractivity contribution < 1.29 is 4.84 Å². The van der Waals surface area contributed by atoms with Crippen molar-refractivity contribution in [3.63, 3.8) is 0 Å². The molecule has 0 aliphatic heterocycles. The Morgan fingerprint density at radius 2 is 2.12 bits per heavy atom. The van der Waals surface area contributed by atoms with Crippen LogP contribution in [-0.4, -0.2) is 25.9 Å². The van der Waals surface area contributed by atoms with Gasteiger partial charge in [-0.25, -0.2) is 9.78 Å². The van der Waals surface area contributed by atoms with Crippen molar-refractivity contribution in [2.45, 2.75) is 13.8 Å². The molecular formula is C9H12N4O3. The standard InChI is InChI=1S/C9H12N4O3/c1-4-16-13-8(14)6-7(11-5(2)10-6)12(3)9(13)15/h4H2,1-3H3,(H,10,11). The van der Waals surface area contributed by atoms with E-state index in [-0.39, 0.29) is 12.1 Å². The van der Waals surface area contributed by atoms with Gasteiger partial charge in [0, 0.05) is 7.05 Å². The molecule has 0 aliphatic carbocycles. The van der Waals surface area contributed by atoms with E-state index in [2.05, 4.69) is 9.97 Å². The Morgan fingerprint density at radius 3 is 2.75 bits per heavy atom. The van der Waals surface area contributed by atoms with Crippen LogP contribution in [0.4, 0.5) is 0 Å². The van der Waals surface area contributed by atoms with Crippen LogP contribution in [0.1, 0.15) is 12.7 Å². The second kappa shape index (κ2) is 3.51. The van der Waals surface area contributed by atoms with Crippen molar-refractivity contribution in [2.75, 3.05) is 6.61 Å². The molecule has 0 unspecified atom stereocenters. The lowest BCUT2D eigenvalue weighted by Gasteiger charge is -2.06. The van der Waals surface area contributed by atoms with E-state index < -0.39 is 11.2 Å². The molecule has 0 aromatic carbocycles. The summed E-state index contributed by atoms with van der Waals surface area (Å²) in [5.74, 6) is 0.580. The van der Waals surface area contributed by atoms with Gasteiger partial charge in [0.1, 0.15) is 12.4 Å². The predicted molar refractivity (Wildman–Crippen MR) is 57.5 cm³/mol. The maximum absolute atomic E-state index is 11.9. The summed E-state index contributed by atoms with van der Waals surface area (Å²) in [5, 5.41) is 0. The fraction of sp³-hybridized carbons (Fsp3) is 0.444. The molecule has 86 valence electrons. The summed E-state index contributed by atoms with van der Waals surface area (Å²) in [6.07, 6.45) is 0. The summed E-state index contributed by atoms with van der Waals surface area (Å²) in [6, 6.07) is 0. The molecule has 0 atom stereocenters. The number of aryl methyl sites for hydroxylation is 2. The number of aromatic amines is 1. The van der Waals surface area contributed by atoms with Crippen molar-refractivity contribution >= 4 is 11.2 Å². The zero-order chi connectivity index (χ0) is 11.9. The van der Waals surface area contributed by atoms with Crippen LogP contribution in [0, 0.1) is 6.92 Å². The van der Waals surface area contributed by atoms with Crippen molar-refractivity contribution in [3.8, 4) is 0 Å². The van der Waals surface area contributed by atoms with Crippen molar-refractivity contribution in [1.82, 2.24) is 19.3 Å². The number of imidazole rings is 1. The average molecular weight is 224 g/mol. The van der Waals surface area contributed by atoms with Crippen molar-refractivity contribution in [2.24, 2.45) is 7.05 Å². The lowest BCUT2D eigenvalue weighted by atomic mass is 10.5. The fourth-order valence-electron chi connectivity index (χ4n) is 1.53. The van der Waals surface area contributed by atoms with Gasteiger partial charge < -0.3 is 9.82 Å². The first kappa shape index (κ1) is 10.5. The molecule has 2 heterocycles. The summed E-state index contributed by atoms with van der Waals surface area (Å²) in [5.41, 5.74) is -0.442. The van der Waals surface area contributed by atoms with Crippen LogP contribution in [0.15, 0.2) is 9.59 Å². The first-order valence-corrected chi connectivity index (χ1v) is 4.88. The number of hydrogen-bond donors (Lipinski definition) is 1. The van der Waals surface area contributed by atoms with E-state index in [1.54, 1.807) is 20.9 Å². The Hall–Kier alpha value is -2.05. The number of fused-ring (bicyclic) bond motifs is 1. The van der Waals surface area contributed by atoms with E-state index in [0.717, 1.165) is 4.73 Å². The third kappa shape index (κ3) is 1.32. The molecule has 0 amide bonds. The van der Waals surface area contributed by atoms with E-state index in [1.807, 2.05) is 0 Å². The average Bonchev–Trinajstić information content (AvgIpc) is 2.64. The highest BCUT2D eigenvalue weighted by molar-refractivity contribution is 5.69. The zero-order valence-corrected chi connectivity index (χ0v) is 9.27. The minimum atomic E-state index is -0.536. The molecule has 2 aromatic heterocycles. The van der Waals surface area contributed by atoms with E-state index in [1.165, 1.54) is 4.57 Å². The number of H-pyrrole nitrogens is 1. The van der Waals surface area contributed by atoms with Gasteiger partial charge in [0.15, 0.2) is 11.2 Å². The first-order valence-electron chi connectivity index (χ1n) is 4.88. The van der Waals surface area contributed by atoms with Crippen LogP contribution < -0.4 is 16.1 Å². The van der Waals surface area contributed by atoms with Crippen molar-refractivity contribution in [3.05, 3.63) is 26.7 Å². The number of rotatable bonds is 2. The molecule has 7 nitrogen and oxygen atoms in total. The molecule has 0 aliphatic rings. The topological polar surface area (TPSA) is 81.9 Å². The van der Waals surface area contributed by atoms with E-state index in [9.17, 15) is 9.59 Å². The lowest BCUT2D eigenvalue weighted by molar-refractivity contribution is 0.101. The van der Waals surface area contributed by atoms with Crippen LogP contribution in [0.5, 0.6) is 0 Å². The number of nitrogens with zero attached hydrogens (tertiary/aromatic N) is 3. The van der Waals surface area contributed by atoms with Crippen LogP contribution in [0.3, 0.4) is 0 Å². The highest BCUT2D eigenvalue weighted by Gasteiger charge is 2.14. The van der Waals surface area contributed by atoms with Gasteiger partial charge in [0.05, 0.1) is 0 Å². The van der Waals surface area contributed by atoms with Gasteiger partial charge in [0.25, 0.3) is 0 Å². The number of nitrogens with one attached hydrogen (secondary N) is 1. The molecule has 0 saturated carbocycles. The van der Waals surface area contributed by atoms with Crippen LogP contribution in [0.2, 0.25) is 0 Å². The maximum Gasteiger partial charge on any atom is 0.366 e. The third-order valence-corrected chi connectivity index (χ3v) is 2.24.